The number of nitrogens with one attached hydrogen (secondary N) is 2. The van der Waals surface area contributed by atoms with Crippen molar-refractivity contribution >= 4 is 12.0 Å². The number of alkyl halides is 3. The molecule has 18 heavy (non-hydrogen) atoms. The SMILES string of the molecule is CC(NC(=O)NC(C)(C(=O)O)C(F)(F)F)C1CC1. The zero-order valence-electron chi connectivity index (χ0n) is 9.97. The normalized spacial score (nSPS) is 20.7. The number of halogens is 3. The number of hydrogen-bond donors (Lipinski definition) is 3. The van der Waals surface area contributed by atoms with E-state index in [9.17, 15) is 22.8 Å². The average molecular weight is 268 g/mol. The summed E-state index contributed by atoms with van der Waals surface area (Å²) < 4.78 is 37.8. The van der Waals surface area contributed by atoms with E-state index in [4.69, 9.17) is 5.11 Å². The molecule has 0 aromatic heterocycles. The molecule has 5 nitrogen and oxygen atoms in total. The minimum absolute atomic E-state index is 0.262. The molecule has 1 aliphatic carbocycles. The van der Waals surface area contributed by atoms with Crippen LogP contribution < -0.4 is 10.6 Å². The first-order valence-electron chi connectivity index (χ1n) is 5.46. The number of rotatable bonds is 4. The van der Waals surface area contributed by atoms with Crippen molar-refractivity contribution in [3.8, 4) is 0 Å². The lowest BCUT2D eigenvalue weighted by Crippen LogP contribution is -2.64. The van der Waals surface area contributed by atoms with Gasteiger partial charge in [-0.2, -0.15) is 13.2 Å². The highest BCUT2D eigenvalue weighted by molar-refractivity contribution is 5.86. The van der Waals surface area contributed by atoms with Crippen LogP contribution in [0.25, 0.3) is 0 Å². The van der Waals surface area contributed by atoms with Crippen molar-refractivity contribution in [2.45, 2.75) is 44.4 Å². The summed E-state index contributed by atoms with van der Waals surface area (Å²) in [6.07, 6.45) is -3.24. The van der Waals surface area contributed by atoms with Gasteiger partial charge < -0.3 is 15.7 Å². The summed E-state index contributed by atoms with van der Waals surface area (Å²) >= 11 is 0. The molecular weight excluding hydrogens is 253 g/mol. The van der Waals surface area contributed by atoms with E-state index in [1.807, 2.05) is 0 Å². The van der Waals surface area contributed by atoms with Gasteiger partial charge in [-0.15, -0.1) is 0 Å². The Morgan fingerprint density at radius 2 is 1.83 bits per heavy atom. The van der Waals surface area contributed by atoms with Crippen LogP contribution in [0.3, 0.4) is 0 Å². The van der Waals surface area contributed by atoms with Gasteiger partial charge in [-0.05, 0) is 32.6 Å². The second kappa shape index (κ2) is 4.66. The van der Waals surface area contributed by atoms with Crippen molar-refractivity contribution in [1.29, 1.82) is 0 Å². The highest BCUT2D eigenvalue weighted by Gasteiger charge is 2.58. The van der Waals surface area contributed by atoms with Crippen molar-refractivity contribution in [3.05, 3.63) is 0 Å². The molecule has 0 aromatic rings. The van der Waals surface area contributed by atoms with E-state index in [1.54, 1.807) is 6.92 Å². The first kappa shape index (κ1) is 14.6. The number of amides is 2. The van der Waals surface area contributed by atoms with E-state index in [0.29, 0.717) is 6.92 Å². The monoisotopic (exact) mass is 268 g/mol. The fraction of sp³-hybridized carbons (Fsp3) is 0.800. The lowest BCUT2D eigenvalue weighted by molar-refractivity contribution is -0.203. The molecule has 0 spiro atoms. The molecule has 8 heteroatoms. The quantitative estimate of drug-likeness (QED) is 0.722. The maximum Gasteiger partial charge on any atom is 0.422 e. The van der Waals surface area contributed by atoms with Crippen LogP contribution in [0.1, 0.15) is 26.7 Å². The third kappa shape index (κ3) is 3.05. The van der Waals surface area contributed by atoms with Crippen LogP contribution in [0.15, 0.2) is 0 Å². The molecule has 1 rings (SSSR count). The Labute approximate surface area is 102 Å². The molecule has 0 aliphatic heterocycles. The van der Waals surface area contributed by atoms with E-state index in [-0.39, 0.29) is 12.0 Å². The minimum Gasteiger partial charge on any atom is -0.479 e. The number of carboxylic acids is 1. The summed E-state index contributed by atoms with van der Waals surface area (Å²) in [6.45, 7) is 2.08. The Bertz CT molecular complexity index is 355. The van der Waals surface area contributed by atoms with Crippen molar-refractivity contribution in [3.63, 3.8) is 0 Å². The molecule has 0 aromatic carbocycles. The molecule has 1 fully saturated rings. The summed E-state index contributed by atoms with van der Waals surface area (Å²) in [7, 11) is 0. The Morgan fingerprint density at radius 3 is 2.17 bits per heavy atom. The maximum atomic E-state index is 12.6. The predicted octanol–water partition coefficient (Wildman–Crippen LogP) is 1.49. The largest absolute Gasteiger partial charge is 0.479 e. The second-order valence-electron chi connectivity index (χ2n) is 4.65. The highest BCUT2D eigenvalue weighted by Crippen LogP contribution is 2.33. The molecule has 1 saturated carbocycles. The highest BCUT2D eigenvalue weighted by atomic mass is 19.4. The van der Waals surface area contributed by atoms with Crippen LogP contribution in [0, 0.1) is 5.92 Å². The third-order valence-corrected chi connectivity index (χ3v) is 3.05. The summed E-state index contributed by atoms with van der Waals surface area (Å²) in [6, 6.07) is -1.40. The van der Waals surface area contributed by atoms with Gasteiger partial charge in [0.05, 0.1) is 0 Å². The van der Waals surface area contributed by atoms with E-state index in [0.717, 1.165) is 12.8 Å². The maximum absolute atomic E-state index is 12.6. The molecule has 0 saturated heterocycles. The lowest BCUT2D eigenvalue weighted by atomic mass is 10.0. The Morgan fingerprint density at radius 1 is 1.33 bits per heavy atom. The van der Waals surface area contributed by atoms with Crippen molar-refractivity contribution in [1.82, 2.24) is 10.6 Å². The number of aliphatic carboxylic acids is 1. The van der Waals surface area contributed by atoms with Gasteiger partial charge in [-0.3, -0.25) is 0 Å². The summed E-state index contributed by atoms with van der Waals surface area (Å²) in [4.78, 5) is 22.0. The van der Waals surface area contributed by atoms with E-state index in [2.05, 4.69) is 5.32 Å². The molecule has 0 radical (unpaired) electrons. The van der Waals surface area contributed by atoms with Crippen LogP contribution in [-0.2, 0) is 4.79 Å². The Hall–Kier alpha value is -1.47. The molecule has 104 valence electrons. The smallest absolute Gasteiger partial charge is 0.422 e. The first-order valence-corrected chi connectivity index (χ1v) is 5.46. The fourth-order valence-electron chi connectivity index (χ4n) is 1.43. The van der Waals surface area contributed by atoms with Crippen LogP contribution in [-0.4, -0.2) is 34.9 Å². The fourth-order valence-corrected chi connectivity index (χ4v) is 1.43. The van der Waals surface area contributed by atoms with Gasteiger partial charge in [-0.1, -0.05) is 0 Å². The summed E-state index contributed by atoms with van der Waals surface area (Å²) in [5.74, 6) is -1.89. The molecule has 2 atom stereocenters. The summed E-state index contributed by atoms with van der Waals surface area (Å²) in [5, 5.41) is 12.4. The van der Waals surface area contributed by atoms with Gasteiger partial charge in [0.2, 0.25) is 5.54 Å². The van der Waals surface area contributed by atoms with Gasteiger partial charge in [0.25, 0.3) is 0 Å². The lowest BCUT2D eigenvalue weighted by Gasteiger charge is -2.29. The molecule has 0 heterocycles. The van der Waals surface area contributed by atoms with Crippen molar-refractivity contribution < 1.29 is 27.9 Å². The van der Waals surface area contributed by atoms with Crippen LogP contribution in [0.4, 0.5) is 18.0 Å². The van der Waals surface area contributed by atoms with Gasteiger partial charge in [-0.25, -0.2) is 9.59 Å². The van der Waals surface area contributed by atoms with E-state index in [1.165, 1.54) is 5.32 Å². The molecule has 1 aliphatic rings. The predicted molar refractivity (Wildman–Crippen MR) is 55.9 cm³/mol. The molecular formula is C10H15F3N2O3. The molecule has 2 amide bonds. The van der Waals surface area contributed by atoms with E-state index >= 15 is 0 Å². The zero-order valence-corrected chi connectivity index (χ0v) is 9.97. The number of carbonyl (C=O) groups excluding carboxylic acids is 1. The molecule has 3 N–H and O–H groups in total. The van der Waals surface area contributed by atoms with Crippen LogP contribution >= 0.6 is 0 Å². The number of hydrogen-bond acceptors (Lipinski definition) is 2. The number of carboxylic acid groups (broad SMARTS) is 1. The van der Waals surface area contributed by atoms with Gasteiger partial charge >= 0.3 is 18.2 Å². The van der Waals surface area contributed by atoms with E-state index < -0.39 is 23.7 Å². The second-order valence-corrected chi connectivity index (χ2v) is 4.65. The van der Waals surface area contributed by atoms with Gasteiger partial charge in [0.15, 0.2) is 0 Å². The third-order valence-electron chi connectivity index (χ3n) is 3.05. The van der Waals surface area contributed by atoms with Crippen LogP contribution in [0.2, 0.25) is 0 Å². The van der Waals surface area contributed by atoms with Crippen molar-refractivity contribution in [2.24, 2.45) is 5.92 Å². The molecule has 2 unspecified atom stereocenters. The Kier molecular flexibility index (Phi) is 3.78. The van der Waals surface area contributed by atoms with Crippen LogP contribution in [0.5, 0.6) is 0 Å². The standard InChI is InChI=1S/C10H15F3N2O3/c1-5(6-3-4-6)14-8(18)15-9(2,7(16)17)10(11,12)13/h5-6H,3-4H2,1-2H3,(H,16,17)(H2,14,15,18). The average Bonchev–Trinajstić information content (AvgIpc) is 2.97. The number of carbonyl (C=O) groups is 2. The molecule has 0 bridgehead atoms. The topological polar surface area (TPSA) is 78.4 Å². The minimum atomic E-state index is -5.07. The van der Waals surface area contributed by atoms with Gasteiger partial charge in [0, 0.05) is 6.04 Å². The summed E-state index contributed by atoms with van der Waals surface area (Å²) in [5.41, 5.74) is -3.29. The first-order chi connectivity index (χ1) is 8.08. The van der Waals surface area contributed by atoms with Crippen molar-refractivity contribution in [2.75, 3.05) is 0 Å². The van der Waals surface area contributed by atoms with Gasteiger partial charge in [0.1, 0.15) is 0 Å². The number of urea groups is 1. The Balaban J connectivity index is 2.66. The zero-order chi connectivity index (χ0) is 14.1.